The molecule has 0 radical (unpaired) electrons. The van der Waals surface area contributed by atoms with Crippen LogP contribution in [0.25, 0.3) is 0 Å². The minimum atomic E-state index is -6.55. The van der Waals surface area contributed by atoms with Gasteiger partial charge in [-0.2, -0.15) is 35.1 Å². The second-order valence-corrected chi connectivity index (χ2v) is 4.91. The van der Waals surface area contributed by atoms with Crippen molar-refractivity contribution in [3.63, 3.8) is 0 Å². The van der Waals surface area contributed by atoms with Crippen molar-refractivity contribution in [2.75, 3.05) is 0 Å². The van der Waals surface area contributed by atoms with Crippen LogP contribution in [0.1, 0.15) is 20.3 Å². The molecule has 0 rings (SSSR count). The van der Waals surface area contributed by atoms with Gasteiger partial charge in [0.05, 0.1) is 0 Å². The standard InChI is InChI=1S/C10H9F11/c1-6(2,4-7(13,14)3-5(11)12)8(15,9(16,17)18)10(19,20)21/h3H,4H2,1-2H3. The Morgan fingerprint density at radius 1 is 0.762 bits per heavy atom. The Hall–Kier alpha value is -1.03. The third-order valence-electron chi connectivity index (χ3n) is 2.71. The Morgan fingerprint density at radius 3 is 1.33 bits per heavy atom. The summed E-state index contributed by atoms with van der Waals surface area (Å²) in [5, 5.41) is 0. The van der Waals surface area contributed by atoms with E-state index in [-0.39, 0.29) is 13.8 Å². The van der Waals surface area contributed by atoms with Crippen molar-refractivity contribution in [2.24, 2.45) is 5.41 Å². The van der Waals surface area contributed by atoms with Gasteiger partial charge < -0.3 is 0 Å². The van der Waals surface area contributed by atoms with Gasteiger partial charge in [-0.25, -0.2) is 13.2 Å². The van der Waals surface area contributed by atoms with Crippen molar-refractivity contribution in [2.45, 2.75) is 44.2 Å². The van der Waals surface area contributed by atoms with Crippen LogP contribution in [0.15, 0.2) is 12.2 Å². The Morgan fingerprint density at radius 2 is 1.10 bits per heavy atom. The first kappa shape index (κ1) is 20.0. The number of alkyl halides is 9. The lowest BCUT2D eigenvalue weighted by Crippen LogP contribution is -2.63. The predicted octanol–water partition coefficient (Wildman–Crippen LogP) is 5.65. The Balaban J connectivity index is 5.89. The van der Waals surface area contributed by atoms with Crippen molar-refractivity contribution < 1.29 is 48.3 Å². The van der Waals surface area contributed by atoms with Gasteiger partial charge in [0.1, 0.15) is 0 Å². The molecule has 0 heterocycles. The van der Waals surface area contributed by atoms with Gasteiger partial charge >= 0.3 is 18.0 Å². The summed E-state index contributed by atoms with van der Waals surface area (Å²) in [6.45, 7) is -0.127. The minimum absolute atomic E-state index is 0.0636. The highest BCUT2D eigenvalue weighted by atomic mass is 19.4. The van der Waals surface area contributed by atoms with E-state index in [2.05, 4.69) is 0 Å². The zero-order chi connectivity index (χ0) is 17.5. The van der Waals surface area contributed by atoms with Gasteiger partial charge in [0.2, 0.25) is 0 Å². The Labute approximate surface area is 111 Å². The van der Waals surface area contributed by atoms with Crippen molar-refractivity contribution >= 4 is 0 Å². The molecule has 11 heteroatoms. The van der Waals surface area contributed by atoms with Gasteiger partial charge in [-0.15, -0.1) is 0 Å². The number of rotatable bonds is 4. The highest BCUT2D eigenvalue weighted by Crippen LogP contribution is 2.58. The number of hydrogen-bond donors (Lipinski definition) is 0. The molecular weight excluding hydrogens is 329 g/mol. The molecule has 0 aliphatic heterocycles. The SMILES string of the molecule is CC(C)(CC(F)(F)C=C(F)F)C(F)(C(F)(F)F)C(F)(F)F. The first-order valence-electron chi connectivity index (χ1n) is 5.11. The number of allylic oxidation sites excluding steroid dienone is 1. The molecule has 0 nitrogen and oxygen atoms in total. The van der Waals surface area contributed by atoms with E-state index in [4.69, 9.17) is 0 Å². The van der Waals surface area contributed by atoms with Crippen LogP contribution < -0.4 is 0 Å². The number of halogens is 11. The fourth-order valence-corrected chi connectivity index (χ4v) is 1.85. The maximum Gasteiger partial charge on any atom is 0.432 e. The van der Waals surface area contributed by atoms with Gasteiger partial charge in [0.15, 0.2) is 0 Å². The number of hydrogen-bond acceptors (Lipinski definition) is 0. The Kier molecular flexibility index (Phi) is 5.05. The van der Waals surface area contributed by atoms with E-state index < -0.39 is 47.9 Å². The van der Waals surface area contributed by atoms with Crippen LogP contribution >= 0.6 is 0 Å². The van der Waals surface area contributed by atoms with Crippen LogP contribution in [-0.4, -0.2) is 23.9 Å². The lowest BCUT2D eigenvalue weighted by molar-refractivity contribution is -0.376. The van der Waals surface area contributed by atoms with Gasteiger partial charge in [-0.1, -0.05) is 13.8 Å². The van der Waals surface area contributed by atoms with Gasteiger partial charge in [-0.05, 0) is 0 Å². The van der Waals surface area contributed by atoms with Crippen LogP contribution in [-0.2, 0) is 0 Å². The van der Waals surface area contributed by atoms with E-state index in [1.54, 1.807) is 0 Å². The van der Waals surface area contributed by atoms with Crippen molar-refractivity contribution in [3.05, 3.63) is 12.2 Å². The lowest BCUT2D eigenvalue weighted by Gasteiger charge is -2.43. The fraction of sp³-hybridized carbons (Fsp3) is 0.800. The van der Waals surface area contributed by atoms with E-state index in [9.17, 15) is 48.3 Å². The zero-order valence-electron chi connectivity index (χ0n) is 10.4. The molecule has 0 spiro atoms. The van der Waals surface area contributed by atoms with Gasteiger partial charge in [0, 0.05) is 17.9 Å². The lowest BCUT2D eigenvalue weighted by atomic mass is 9.71. The molecule has 0 unspecified atom stereocenters. The molecule has 0 aromatic rings. The van der Waals surface area contributed by atoms with E-state index in [0.29, 0.717) is 0 Å². The largest absolute Gasteiger partial charge is 0.432 e. The molecule has 0 aliphatic carbocycles. The van der Waals surface area contributed by atoms with Crippen LogP contribution in [0.5, 0.6) is 0 Å². The molecule has 0 aromatic heterocycles. The molecule has 0 aromatic carbocycles. The van der Waals surface area contributed by atoms with Crippen LogP contribution in [0.2, 0.25) is 0 Å². The van der Waals surface area contributed by atoms with Crippen molar-refractivity contribution in [3.8, 4) is 0 Å². The topological polar surface area (TPSA) is 0 Å². The average Bonchev–Trinajstić information content (AvgIpc) is 2.07. The third kappa shape index (κ3) is 4.00. The van der Waals surface area contributed by atoms with E-state index in [1.807, 2.05) is 0 Å². The fourth-order valence-electron chi connectivity index (χ4n) is 1.85. The summed E-state index contributed by atoms with van der Waals surface area (Å²) in [6.07, 6.45) is -19.7. The monoisotopic (exact) mass is 338 g/mol. The van der Waals surface area contributed by atoms with Gasteiger partial charge in [0.25, 0.3) is 12.0 Å². The maximum atomic E-state index is 13.7. The summed E-state index contributed by atoms with van der Waals surface area (Å²) in [7, 11) is 0. The molecule has 0 saturated carbocycles. The summed E-state index contributed by atoms with van der Waals surface area (Å²) in [4.78, 5) is 0. The summed E-state index contributed by atoms with van der Waals surface area (Å²) in [6, 6.07) is 0. The minimum Gasteiger partial charge on any atom is -0.223 e. The second kappa shape index (κ2) is 5.31. The molecule has 0 aliphatic rings. The molecule has 0 amide bonds. The molecule has 0 fully saturated rings. The smallest absolute Gasteiger partial charge is 0.223 e. The van der Waals surface area contributed by atoms with Crippen molar-refractivity contribution in [1.29, 1.82) is 0 Å². The molecule has 0 bridgehead atoms. The summed E-state index contributed by atoms with van der Waals surface area (Å²) in [5.74, 6) is -4.75. The van der Waals surface area contributed by atoms with E-state index in [1.165, 1.54) is 0 Å². The molecular formula is C10H9F11. The predicted molar refractivity (Wildman–Crippen MR) is 49.6 cm³/mol. The maximum absolute atomic E-state index is 13.7. The normalized spacial score (nSPS) is 15.1. The Bertz CT molecular complexity index is 380. The highest BCUT2D eigenvalue weighted by molar-refractivity contribution is 5.09. The third-order valence-corrected chi connectivity index (χ3v) is 2.71. The molecule has 21 heavy (non-hydrogen) atoms. The second-order valence-electron chi connectivity index (χ2n) is 4.91. The molecule has 0 atom stereocenters. The molecule has 0 N–H and O–H groups in total. The average molecular weight is 338 g/mol. The first-order chi connectivity index (χ1) is 8.87. The molecule has 126 valence electrons. The zero-order valence-corrected chi connectivity index (χ0v) is 10.4. The highest BCUT2D eigenvalue weighted by Gasteiger charge is 2.79. The van der Waals surface area contributed by atoms with Crippen LogP contribution in [0.4, 0.5) is 48.3 Å². The van der Waals surface area contributed by atoms with E-state index >= 15 is 0 Å². The molecule has 0 saturated heterocycles. The quantitative estimate of drug-likeness (QED) is 0.581. The summed E-state index contributed by atoms with van der Waals surface area (Å²) < 4.78 is 138. The first-order valence-corrected chi connectivity index (χ1v) is 5.11. The van der Waals surface area contributed by atoms with Crippen LogP contribution in [0.3, 0.4) is 0 Å². The summed E-state index contributed by atoms with van der Waals surface area (Å²) in [5.41, 5.74) is -9.74. The van der Waals surface area contributed by atoms with E-state index in [0.717, 1.165) is 0 Å². The van der Waals surface area contributed by atoms with Crippen molar-refractivity contribution in [1.82, 2.24) is 0 Å². The van der Waals surface area contributed by atoms with Crippen LogP contribution in [0, 0.1) is 5.41 Å². The van der Waals surface area contributed by atoms with Gasteiger partial charge in [-0.3, -0.25) is 0 Å². The summed E-state index contributed by atoms with van der Waals surface area (Å²) >= 11 is 0.